The number of nitrogens with one attached hydrogen (secondary N) is 1. The lowest BCUT2D eigenvalue weighted by atomic mass is 9.80. The van der Waals surface area contributed by atoms with Gasteiger partial charge in [0, 0.05) is 49.8 Å². The van der Waals surface area contributed by atoms with Gasteiger partial charge in [0.1, 0.15) is 18.5 Å². The first-order chi connectivity index (χ1) is 20.2. The van der Waals surface area contributed by atoms with Crippen molar-refractivity contribution in [2.24, 2.45) is 0 Å². The van der Waals surface area contributed by atoms with E-state index >= 15 is 0 Å². The van der Waals surface area contributed by atoms with Crippen molar-refractivity contribution in [1.29, 1.82) is 0 Å². The van der Waals surface area contributed by atoms with Crippen LogP contribution in [0.2, 0.25) is 0 Å². The molecule has 2 N–H and O–H groups in total. The number of aliphatic hydroxyl groups is 1. The predicted octanol–water partition coefficient (Wildman–Crippen LogP) is 3.92. The first-order valence-corrected chi connectivity index (χ1v) is 14.7. The number of carbonyl (C=O) groups is 2. The third-order valence-electron chi connectivity index (χ3n) is 7.61. The van der Waals surface area contributed by atoms with E-state index in [9.17, 15) is 14.7 Å². The zero-order chi connectivity index (χ0) is 30.2. The molecular formula is C33H43N3O6. The Morgan fingerprint density at radius 1 is 0.905 bits per heavy atom. The van der Waals surface area contributed by atoms with Gasteiger partial charge in [-0.1, -0.05) is 24.3 Å². The van der Waals surface area contributed by atoms with Crippen molar-refractivity contribution in [3.05, 3.63) is 82.2 Å². The zero-order valence-corrected chi connectivity index (χ0v) is 25.3. The van der Waals surface area contributed by atoms with Crippen molar-refractivity contribution >= 4 is 17.6 Å². The molecule has 0 aliphatic carbocycles. The van der Waals surface area contributed by atoms with E-state index in [-0.39, 0.29) is 19.8 Å². The molecule has 0 bridgehead atoms. The molecule has 0 aromatic heterocycles. The fraction of sp³-hybridized carbons (Fsp3) is 0.455. The topological polar surface area (TPSA) is 101 Å². The van der Waals surface area contributed by atoms with Crippen LogP contribution in [0.25, 0.3) is 0 Å². The number of allylic oxidation sites excluding steroid dienone is 2. The first-order valence-electron chi connectivity index (χ1n) is 14.7. The van der Waals surface area contributed by atoms with E-state index in [0.29, 0.717) is 34.8 Å². The number of piperazine rings is 1. The quantitative estimate of drug-likeness (QED) is 0.385. The number of rotatable bonds is 11. The van der Waals surface area contributed by atoms with E-state index in [1.807, 2.05) is 12.1 Å². The highest BCUT2D eigenvalue weighted by Crippen LogP contribution is 2.39. The highest BCUT2D eigenvalue weighted by atomic mass is 16.5. The zero-order valence-electron chi connectivity index (χ0n) is 25.3. The van der Waals surface area contributed by atoms with Gasteiger partial charge in [-0.2, -0.15) is 0 Å². The summed E-state index contributed by atoms with van der Waals surface area (Å²) in [6, 6.07) is 15.8. The molecule has 0 saturated carbocycles. The van der Waals surface area contributed by atoms with Crippen LogP contribution < -0.4 is 15.0 Å². The summed E-state index contributed by atoms with van der Waals surface area (Å²) >= 11 is 0. The summed E-state index contributed by atoms with van der Waals surface area (Å²) < 4.78 is 16.6. The Balaban J connectivity index is 1.38. The highest BCUT2D eigenvalue weighted by molar-refractivity contribution is 5.99. The normalized spacial score (nSPS) is 17.1. The summed E-state index contributed by atoms with van der Waals surface area (Å²) in [5.74, 6) is -1.02. The van der Waals surface area contributed by atoms with Crippen LogP contribution in [0.4, 0.5) is 5.69 Å². The summed E-state index contributed by atoms with van der Waals surface area (Å²) in [5, 5.41) is 13.8. The average Bonchev–Trinajstić information content (AvgIpc) is 2.96. The van der Waals surface area contributed by atoms with Gasteiger partial charge in [-0.25, -0.2) is 9.59 Å². The molecule has 2 aliphatic rings. The lowest BCUT2D eigenvalue weighted by Crippen LogP contribution is -2.49. The molecule has 0 spiro atoms. The van der Waals surface area contributed by atoms with E-state index in [1.54, 1.807) is 39.8 Å². The number of aliphatic hydroxyl groups excluding tert-OH is 1. The molecule has 9 heteroatoms. The molecule has 2 heterocycles. The summed E-state index contributed by atoms with van der Waals surface area (Å²) in [6.07, 6.45) is -0.637. The van der Waals surface area contributed by atoms with Crippen LogP contribution in [-0.4, -0.2) is 80.6 Å². The summed E-state index contributed by atoms with van der Waals surface area (Å²) in [5.41, 5.74) is 5.24. The number of hydrogen-bond acceptors (Lipinski definition) is 9. The molecule has 4 rings (SSSR count). The third kappa shape index (κ3) is 7.52. The largest absolute Gasteiger partial charge is 0.491 e. The molecule has 1 unspecified atom stereocenters. The number of carbonyl (C=O) groups excluding carboxylic acids is 2. The lowest BCUT2D eigenvalue weighted by Gasteiger charge is -2.37. The number of β-amino-alcohol motifs (C(OH)–C–C–N with tert-alkyl or cyclic N) is 1. The van der Waals surface area contributed by atoms with Crippen LogP contribution in [0.5, 0.6) is 5.75 Å². The lowest BCUT2D eigenvalue weighted by molar-refractivity contribution is -0.139. The highest BCUT2D eigenvalue weighted by Gasteiger charge is 2.38. The van der Waals surface area contributed by atoms with Crippen LogP contribution in [0.15, 0.2) is 71.1 Å². The Kier molecular flexibility index (Phi) is 10.7. The van der Waals surface area contributed by atoms with Gasteiger partial charge in [0.25, 0.3) is 0 Å². The number of dihydropyridines is 1. The van der Waals surface area contributed by atoms with E-state index in [0.717, 1.165) is 31.7 Å². The summed E-state index contributed by atoms with van der Waals surface area (Å²) in [7, 11) is 0. The maximum absolute atomic E-state index is 13.0. The van der Waals surface area contributed by atoms with Gasteiger partial charge in [0.2, 0.25) is 0 Å². The number of aryl methyl sites for hydroxylation is 1. The molecule has 9 nitrogen and oxygen atoms in total. The van der Waals surface area contributed by atoms with Crippen molar-refractivity contribution in [2.45, 2.75) is 46.6 Å². The van der Waals surface area contributed by atoms with Crippen LogP contribution >= 0.6 is 0 Å². The van der Waals surface area contributed by atoms with E-state index in [2.05, 4.69) is 46.3 Å². The maximum Gasteiger partial charge on any atom is 0.336 e. The fourth-order valence-corrected chi connectivity index (χ4v) is 5.60. The molecule has 226 valence electrons. The van der Waals surface area contributed by atoms with Crippen molar-refractivity contribution < 1.29 is 28.9 Å². The van der Waals surface area contributed by atoms with E-state index < -0.39 is 24.0 Å². The molecule has 1 fully saturated rings. The number of ether oxygens (including phenoxy) is 3. The van der Waals surface area contributed by atoms with Crippen LogP contribution in [0, 0.1) is 6.92 Å². The Labute approximate surface area is 248 Å². The molecule has 0 amide bonds. The second kappa shape index (κ2) is 14.4. The molecule has 2 aliphatic heterocycles. The molecule has 0 radical (unpaired) electrons. The minimum atomic E-state index is -0.651. The molecule has 2 aromatic carbocycles. The monoisotopic (exact) mass is 577 g/mol. The van der Waals surface area contributed by atoms with Crippen molar-refractivity contribution in [2.75, 3.05) is 57.4 Å². The second-order valence-electron chi connectivity index (χ2n) is 10.7. The van der Waals surface area contributed by atoms with Gasteiger partial charge in [0.15, 0.2) is 0 Å². The number of nitrogens with zero attached hydrogens (tertiary/aromatic N) is 2. The molecule has 2 aromatic rings. The van der Waals surface area contributed by atoms with Crippen molar-refractivity contribution in [3.63, 3.8) is 0 Å². The van der Waals surface area contributed by atoms with Crippen molar-refractivity contribution in [3.8, 4) is 5.75 Å². The van der Waals surface area contributed by atoms with Gasteiger partial charge >= 0.3 is 11.9 Å². The van der Waals surface area contributed by atoms with Crippen molar-refractivity contribution in [1.82, 2.24) is 10.2 Å². The summed E-state index contributed by atoms with van der Waals surface area (Å²) in [6.45, 7) is 13.9. The minimum absolute atomic E-state index is 0.158. The standard InChI is InChI=1S/C33H43N3O6/c1-6-40-32(38)29-23(4)34-24(5)30(33(39)41-7-2)31(29)25-11-13-28(14-12-25)42-21-27(37)20-35-15-17-36(18-16-35)26-10-8-9-22(3)19-26/h8-14,19,27,31,34,37H,6-7,15-18,20-21H2,1-5H3. The summed E-state index contributed by atoms with van der Waals surface area (Å²) in [4.78, 5) is 30.6. The number of anilines is 1. The minimum Gasteiger partial charge on any atom is -0.491 e. The van der Waals surface area contributed by atoms with E-state index in [4.69, 9.17) is 14.2 Å². The number of hydrogen-bond donors (Lipinski definition) is 2. The molecule has 1 atom stereocenters. The smallest absolute Gasteiger partial charge is 0.336 e. The van der Waals surface area contributed by atoms with Gasteiger partial charge < -0.3 is 29.5 Å². The maximum atomic E-state index is 13.0. The van der Waals surface area contributed by atoms with E-state index in [1.165, 1.54) is 11.3 Å². The molecular weight excluding hydrogens is 534 g/mol. The van der Waals surface area contributed by atoms with Crippen LogP contribution in [0.1, 0.15) is 44.7 Å². The molecule has 42 heavy (non-hydrogen) atoms. The van der Waals surface area contributed by atoms with Crippen LogP contribution in [-0.2, 0) is 19.1 Å². The Morgan fingerprint density at radius 2 is 1.50 bits per heavy atom. The first kappa shape index (κ1) is 31.1. The number of esters is 2. The SMILES string of the molecule is CCOC(=O)C1=C(C)NC(C)=C(C(=O)OCC)C1c1ccc(OCC(O)CN2CCN(c3cccc(C)c3)CC2)cc1. The van der Waals surface area contributed by atoms with Crippen LogP contribution in [0.3, 0.4) is 0 Å². The Morgan fingerprint density at radius 3 is 2.05 bits per heavy atom. The Hall–Kier alpha value is -3.82. The van der Waals surface area contributed by atoms with Gasteiger partial charge in [-0.05, 0) is 70.0 Å². The molecule has 1 saturated heterocycles. The second-order valence-corrected chi connectivity index (χ2v) is 10.7. The fourth-order valence-electron chi connectivity index (χ4n) is 5.60. The van der Waals surface area contributed by atoms with Gasteiger partial charge in [-0.15, -0.1) is 0 Å². The predicted molar refractivity (Wildman–Crippen MR) is 162 cm³/mol. The average molecular weight is 578 g/mol. The van der Waals surface area contributed by atoms with Gasteiger partial charge in [0.05, 0.1) is 30.3 Å². The number of benzene rings is 2. The Bertz CT molecular complexity index is 1270. The van der Waals surface area contributed by atoms with Gasteiger partial charge in [-0.3, -0.25) is 4.90 Å². The third-order valence-corrected chi connectivity index (χ3v) is 7.61.